The minimum atomic E-state index is -0.922. The highest BCUT2D eigenvalue weighted by Gasteiger charge is 2.51. The van der Waals surface area contributed by atoms with Gasteiger partial charge in [0.05, 0.1) is 12.1 Å². The molecule has 1 saturated heterocycles. The number of carbonyl (C=O) groups excluding carboxylic acids is 1. The molecule has 1 aromatic carbocycles. The summed E-state index contributed by atoms with van der Waals surface area (Å²) in [6.07, 6.45) is 1.97. The van der Waals surface area contributed by atoms with Crippen LogP contribution in [-0.2, 0) is 9.59 Å². The Morgan fingerprint density at radius 2 is 2.05 bits per heavy atom. The number of rotatable bonds is 6. The highest BCUT2D eigenvalue weighted by atomic mass is 32.1. The van der Waals surface area contributed by atoms with E-state index in [2.05, 4.69) is 6.58 Å². The van der Waals surface area contributed by atoms with Crippen LogP contribution in [0.2, 0.25) is 0 Å². The summed E-state index contributed by atoms with van der Waals surface area (Å²) in [6, 6.07) is 9.13. The van der Waals surface area contributed by atoms with Crippen LogP contribution in [0.4, 0.5) is 5.69 Å². The monoisotopic (exact) mass is 318 g/mol. The van der Waals surface area contributed by atoms with Crippen LogP contribution in [0.15, 0.2) is 43.0 Å². The molecule has 2 rings (SSSR count). The number of hydrogen-bond donors (Lipinski definition) is 1. The number of thiocarbonyl (C=S) groups is 1. The quantitative estimate of drug-likeness (QED) is 0.645. The molecule has 1 heterocycles. The van der Waals surface area contributed by atoms with Crippen LogP contribution in [0.25, 0.3) is 0 Å². The number of carboxylic acids is 1. The van der Waals surface area contributed by atoms with E-state index >= 15 is 0 Å². The molecule has 0 aliphatic carbocycles. The van der Waals surface area contributed by atoms with E-state index in [1.54, 1.807) is 30.0 Å². The van der Waals surface area contributed by atoms with Gasteiger partial charge in [0.1, 0.15) is 5.54 Å². The normalized spacial score (nSPS) is 21.3. The third kappa shape index (κ3) is 2.74. The lowest BCUT2D eigenvalue weighted by Crippen LogP contribution is -2.47. The van der Waals surface area contributed by atoms with E-state index in [9.17, 15) is 9.59 Å². The van der Waals surface area contributed by atoms with Gasteiger partial charge < -0.3 is 10.0 Å². The molecule has 5 nitrogen and oxygen atoms in total. The van der Waals surface area contributed by atoms with E-state index in [0.717, 1.165) is 0 Å². The van der Waals surface area contributed by atoms with Gasteiger partial charge >= 0.3 is 5.97 Å². The van der Waals surface area contributed by atoms with Crippen LogP contribution in [0.1, 0.15) is 19.8 Å². The molecule has 1 fully saturated rings. The first-order valence-corrected chi connectivity index (χ1v) is 7.36. The highest BCUT2D eigenvalue weighted by molar-refractivity contribution is 7.80. The Kier molecular flexibility index (Phi) is 4.61. The molecule has 0 spiro atoms. The molecule has 116 valence electrons. The van der Waals surface area contributed by atoms with Crippen LogP contribution in [0, 0.1) is 0 Å². The molecule has 1 unspecified atom stereocenters. The maximum absolute atomic E-state index is 12.9. The largest absolute Gasteiger partial charge is 0.481 e. The Hall–Kier alpha value is -2.21. The van der Waals surface area contributed by atoms with Crippen molar-refractivity contribution in [2.45, 2.75) is 25.3 Å². The van der Waals surface area contributed by atoms with Crippen molar-refractivity contribution in [3.63, 3.8) is 0 Å². The van der Waals surface area contributed by atoms with Gasteiger partial charge in [-0.3, -0.25) is 14.5 Å². The number of para-hydroxylation sites is 1. The Labute approximate surface area is 134 Å². The van der Waals surface area contributed by atoms with Crippen molar-refractivity contribution in [3.8, 4) is 0 Å². The lowest BCUT2D eigenvalue weighted by Gasteiger charge is -2.31. The van der Waals surface area contributed by atoms with E-state index in [1.165, 1.54) is 4.90 Å². The van der Waals surface area contributed by atoms with E-state index in [0.29, 0.717) is 17.2 Å². The van der Waals surface area contributed by atoms with Crippen molar-refractivity contribution < 1.29 is 14.7 Å². The first-order chi connectivity index (χ1) is 10.4. The van der Waals surface area contributed by atoms with Crippen molar-refractivity contribution >= 4 is 34.9 Å². The van der Waals surface area contributed by atoms with Crippen LogP contribution in [0.3, 0.4) is 0 Å². The fraction of sp³-hybridized carbons (Fsp3) is 0.312. The lowest BCUT2D eigenvalue weighted by atomic mass is 9.95. The lowest BCUT2D eigenvalue weighted by molar-refractivity contribution is -0.137. The minimum absolute atomic E-state index is 0.0806. The second-order valence-electron chi connectivity index (χ2n) is 5.32. The second-order valence-corrected chi connectivity index (χ2v) is 5.69. The van der Waals surface area contributed by atoms with Crippen LogP contribution in [0.5, 0.6) is 0 Å². The summed E-state index contributed by atoms with van der Waals surface area (Å²) in [5.74, 6) is -1.08. The molecule has 1 aromatic rings. The van der Waals surface area contributed by atoms with Gasteiger partial charge in [0.2, 0.25) is 0 Å². The molecule has 1 amide bonds. The van der Waals surface area contributed by atoms with Gasteiger partial charge in [0.15, 0.2) is 5.11 Å². The van der Waals surface area contributed by atoms with Crippen molar-refractivity contribution in [2.24, 2.45) is 0 Å². The number of carbonyl (C=O) groups is 2. The summed E-state index contributed by atoms with van der Waals surface area (Å²) in [7, 11) is 0. The Morgan fingerprint density at radius 1 is 1.41 bits per heavy atom. The summed E-state index contributed by atoms with van der Waals surface area (Å²) >= 11 is 5.44. The summed E-state index contributed by atoms with van der Waals surface area (Å²) in [5, 5.41) is 9.26. The zero-order chi connectivity index (χ0) is 16.3. The molecule has 1 aliphatic rings. The number of aliphatic carboxylic acids is 1. The van der Waals surface area contributed by atoms with Gasteiger partial charge in [0.25, 0.3) is 5.91 Å². The van der Waals surface area contributed by atoms with Gasteiger partial charge in [-0.15, -0.1) is 6.58 Å². The van der Waals surface area contributed by atoms with Gasteiger partial charge in [-0.2, -0.15) is 0 Å². The van der Waals surface area contributed by atoms with Crippen molar-refractivity contribution in [1.29, 1.82) is 0 Å². The fourth-order valence-corrected chi connectivity index (χ4v) is 3.09. The first kappa shape index (κ1) is 16.2. The fourth-order valence-electron chi connectivity index (χ4n) is 2.61. The van der Waals surface area contributed by atoms with E-state index in [-0.39, 0.29) is 18.9 Å². The maximum atomic E-state index is 12.9. The Bertz CT molecular complexity index is 617. The molecule has 1 N–H and O–H groups in total. The Balaban J connectivity index is 2.39. The van der Waals surface area contributed by atoms with Crippen LogP contribution < -0.4 is 4.90 Å². The number of carboxylic acid groups (broad SMARTS) is 1. The number of anilines is 1. The van der Waals surface area contributed by atoms with E-state index < -0.39 is 11.5 Å². The topological polar surface area (TPSA) is 60.9 Å². The molecule has 1 atom stereocenters. The summed E-state index contributed by atoms with van der Waals surface area (Å²) in [4.78, 5) is 26.9. The number of nitrogens with zero attached hydrogens (tertiary/aromatic N) is 2. The molecule has 6 heteroatoms. The molecule has 0 aromatic heterocycles. The first-order valence-electron chi connectivity index (χ1n) is 6.95. The van der Waals surface area contributed by atoms with Gasteiger partial charge in [0, 0.05) is 6.54 Å². The molecular formula is C16H18N2O3S. The molecule has 0 saturated carbocycles. The van der Waals surface area contributed by atoms with Crippen molar-refractivity contribution in [2.75, 3.05) is 11.4 Å². The van der Waals surface area contributed by atoms with Crippen LogP contribution in [-0.4, -0.2) is 39.1 Å². The molecule has 0 radical (unpaired) electrons. The molecule has 1 aliphatic heterocycles. The number of amides is 1. The third-order valence-corrected chi connectivity index (χ3v) is 4.19. The Morgan fingerprint density at radius 3 is 2.59 bits per heavy atom. The van der Waals surface area contributed by atoms with E-state index in [4.69, 9.17) is 17.3 Å². The van der Waals surface area contributed by atoms with Gasteiger partial charge in [-0.1, -0.05) is 24.3 Å². The van der Waals surface area contributed by atoms with Crippen molar-refractivity contribution in [1.82, 2.24) is 4.90 Å². The smallest absolute Gasteiger partial charge is 0.305 e. The zero-order valence-corrected chi connectivity index (χ0v) is 13.2. The highest BCUT2D eigenvalue weighted by Crippen LogP contribution is 2.34. The van der Waals surface area contributed by atoms with E-state index in [1.807, 2.05) is 18.2 Å². The number of benzene rings is 1. The summed E-state index contributed by atoms with van der Waals surface area (Å²) in [5.41, 5.74) is -0.213. The number of hydrogen-bond acceptors (Lipinski definition) is 3. The average molecular weight is 318 g/mol. The van der Waals surface area contributed by atoms with Gasteiger partial charge in [-0.25, -0.2) is 0 Å². The standard InChI is InChI=1S/C16H18N2O3S/c1-3-10-16(2)14(21)18(12-7-5-4-6-8-12)15(22)17(16)11-9-13(19)20/h3-8H,1,9-11H2,2H3,(H,19,20). The summed E-state index contributed by atoms with van der Waals surface area (Å²) < 4.78 is 0. The molecule has 22 heavy (non-hydrogen) atoms. The average Bonchev–Trinajstić information content (AvgIpc) is 2.66. The second kappa shape index (κ2) is 6.27. The minimum Gasteiger partial charge on any atom is -0.481 e. The summed E-state index contributed by atoms with van der Waals surface area (Å²) in [6.45, 7) is 5.66. The molecular weight excluding hydrogens is 300 g/mol. The SMILES string of the molecule is C=CCC1(C)C(=O)N(c2ccccc2)C(=S)N1CCC(=O)O. The third-order valence-electron chi connectivity index (χ3n) is 3.79. The van der Waals surface area contributed by atoms with Gasteiger partial charge in [-0.05, 0) is 37.7 Å². The predicted molar refractivity (Wildman–Crippen MR) is 88.7 cm³/mol. The van der Waals surface area contributed by atoms with Crippen molar-refractivity contribution in [3.05, 3.63) is 43.0 Å². The predicted octanol–water partition coefficient (Wildman–Crippen LogP) is 2.43. The van der Waals surface area contributed by atoms with Crippen LogP contribution >= 0.6 is 12.2 Å². The molecule has 0 bridgehead atoms. The zero-order valence-electron chi connectivity index (χ0n) is 12.4. The maximum Gasteiger partial charge on any atom is 0.305 e.